The lowest BCUT2D eigenvalue weighted by Gasteiger charge is -2.54. The number of nitrogens with one attached hydrogen (secondary N) is 1. The topological polar surface area (TPSA) is 75.2 Å². The smallest absolute Gasteiger partial charge is 0.277 e. The number of benzene rings is 1. The highest BCUT2D eigenvalue weighted by atomic mass is 35.5. The van der Waals surface area contributed by atoms with E-state index in [-0.39, 0.29) is 23.9 Å². The quantitative estimate of drug-likeness (QED) is 0.710. The zero-order valence-electron chi connectivity index (χ0n) is 17.2. The molecule has 3 N–H and O–H groups in total. The summed E-state index contributed by atoms with van der Waals surface area (Å²) in [5.41, 5.74) is 0.771. The maximum atomic E-state index is 12.7. The van der Waals surface area contributed by atoms with Crippen molar-refractivity contribution < 1.29 is 19.6 Å². The van der Waals surface area contributed by atoms with E-state index in [0.717, 1.165) is 17.8 Å². The molecule has 0 atom stereocenters. The number of nitrogens with zero attached hydrogens (tertiary/aromatic N) is 1. The minimum absolute atomic E-state index is 0.00319. The van der Waals surface area contributed by atoms with Crippen molar-refractivity contribution in [2.24, 2.45) is 17.8 Å². The van der Waals surface area contributed by atoms with Gasteiger partial charge in [-0.2, -0.15) is 0 Å². The van der Waals surface area contributed by atoms with Gasteiger partial charge in [0.15, 0.2) is 6.54 Å². The number of anilines is 1. The van der Waals surface area contributed by atoms with E-state index in [1.165, 1.54) is 50.5 Å². The lowest BCUT2D eigenvalue weighted by atomic mass is 9.53. The van der Waals surface area contributed by atoms with Gasteiger partial charge in [0.2, 0.25) is 5.91 Å². The van der Waals surface area contributed by atoms with Gasteiger partial charge in [0, 0.05) is 31.3 Å². The molecule has 0 unspecified atom stereocenters. The van der Waals surface area contributed by atoms with Crippen molar-refractivity contribution in [3.63, 3.8) is 0 Å². The third-order valence-corrected chi connectivity index (χ3v) is 7.27. The van der Waals surface area contributed by atoms with Gasteiger partial charge in [-0.25, -0.2) is 0 Å². The standard InChI is InChI=1S/C22H30ClN3O3/c1-26(13-20(27)25-18-8-17(23)3-4-19(18)29-2)21(28)12-24-22-9-14-5-15(10-22)7-16(6-14)11-22/h3-4,8,14-16,24H,5-7,9-13H2,1-2H3,(H,25,27)/p+1. The number of likely N-dealkylation sites (N-methyl/N-ethyl adjacent to an activating group) is 1. The summed E-state index contributed by atoms with van der Waals surface area (Å²) in [4.78, 5) is 26.6. The second-order valence-corrected chi connectivity index (χ2v) is 9.77. The molecule has 0 heterocycles. The number of hydrogen-bond acceptors (Lipinski definition) is 3. The van der Waals surface area contributed by atoms with Crippen LogP contribution >= 0.6 is 11.6 Å². The molecule has 4 aliphatic rings. The van der Waals surface area contributed by atoms with Crippen molar-refractivity contribution in [1.29, 1.82) is 0 Å². The monoisotopic (exact) mass is 420 g/mol. The fourth-order valence-electron chi connectivity index (χ4n) is 6.16. The number of rotatable bonds is 7. The van der Waals surface area contributed by atoms with Gasteiger partial charge in [-0.05, 0) is 55.2 Å². The number of amides is 2. The van der Waals surface area contributed by atoms with Crippen molar-refractivity contribution >= 4 is 29.1 Å². The zero-order chi connectivity index (χ0) is 20.6. The van der Waals surface area contributed by atoms with Crippen LogP contribution in [0.3, 0.4) is 0 Å². The number of ether oxygens (including phenoxy) is 1. The van der Waals surface area contributed by atoms with Crippen molar-refractivity contribution in [3.8, 4) is 5.75 Å². The maximum absolute atomic E-state index is 12.7. The zero-order valence-corrected chi connectivity index (χ0v) is 18.0. The molecular weight excluding hydrogens is 390 g/mol. The van der Waals surface area contributed by atoms with E-state index >= 15 is 0 Å². The van der Waals surface area contributed by atoms with E-state index < -0.39 is 0 Å². The van der Waals surface area contributed by atoms with Crippen LogP contribution in [0.4, 0.5) is 5.69 Å². The van der Waals surface area contributed by atoms with Gasteiger partial charge >= 0.3 is 0 Å². The summed E-state index contributed by atoms with van der Waals surface area (Å²) in [5.74, 6) is 2.86. The van der Waals surface area contributed by atoms with Gasteiger partial charge in [-0.1, -0.05) is 11.6 Å². The summed E-state index contributed by atoms with van der Waals surface area (Å²) in [5, 5.41) is 5.58. The molecule has 0 aliphatic heterocycles. The van der Waals surface area contributed by atoms with Crippen LogP contribution < -0.4 is 15.4 Å². The third-order valence-electron chi connectivity index (χ3n) is 7.04. The predicted octanol–water partition coefficient (Wildman–Crippen LogP) is 2.28. The molecule has 4 bridgehead atoms. The molecule has 5 rings (SSSR count). The highest BCUT2D eigenvalue weighted by molar-refractivity contribution is 6.31. The van der Waals surface area contributed by atoms with Crippen molar-refractivity contribution in [2.75, 3.05) is 32.6 Å². The van der Waals surface area contributed by atoms with Crippen LogP contribution in [0.1, 0.15) is 38.5 Å². The van der Waals surface area contributed by atoms with E-state index in [1.807, 2.05) is 0 Å². The second-order valence-electron chi connectivity index (χ2n) is 9.33. The molecule has 0 saturated heterocycles. The molecule has 1 aromatic rings. The van der Waals surface area contributed by atoms with Crippen molar-refractivity contribution in [2.45, 2.75) is 44.1 Å². The predicted molar refractivity (Wildman–Crippen MR) is 112 cm³/mol. The van der Waals surface area contributed by atoms with E-state index in [2.05, 4.69) is 10.6 Å². The number of quaternary nitrogens is 1. The number of carbonyl (C=O) groups excluding carboxylic acids is 2. The highest BCUT2D eigenvalue weighted by Gasteiger charge is 2.53. The van der Waals surface area contributed by atoms with Gasteiger partial charge < -0.3 is 20.3 Å². The van der Waals surface area contributed by atoms with Crippen LogP contribution in [0.5, 0.6) is 5.75 Å². The average molecular weight is 421 g/mol. The van der Waals surface area contributed by atoms with Gasteiger partial charge in [-0.15, -0.1) is 0 Å². The Morgan fingerprint density at radius 2 is 1.83 bits per heavy atom. The Labute approximate surface area is 177 Å². The maximum Gasteiger partial charge on any atom is 0.277 e. The minimum Gasteiger partial charge on any atom is -0.495 e. The lowest BCUT2D eigenvalue weighted by molar-refractivity contribution is -0.730. The second kappa shape index (κ2) is 8.15. The van der Waals surface area contributed by atoms with Crippen LogP contribution in [0.2, 0.25) is 5.02 Å². The Morgan fingerprint density at radius 1 is 1.21 bits per heavy atom. The molecule has 7 heteroatoms. The summed E-state index contributed by atoms with van der Waals surface area (Å²) in [7, 11) is 3.22. The number of hydrogen-bond donors (Lipinski definition) is 2. The molecule has 0 aromatic heterocycles. The Kier molecular flexibility index (Phi) is 5.76. The summed E-state index contributed by atoms with van der Waals surface area (Å²) in [6.45, 7) is 0.416. The molecular formula is C22H31ClN3O3+. The molecule has 0 spiro atoms. The fraction of sp³-hybridized carbons (Fsp3) is 0.636. The highest BCUT2D eigenvalue weighted by Crippen LogP contribution is 2.54. The number of nitrogens with two attached hydrogens (primary N) is 1. The molecule has 2 amide bonds. The molecule has 4 saturated carbocycles. The van der Waals surface area contributed by atoms with Crippen LogP contribution in [0.15, 0.2) is 18.2 Å². The average Bonchev–Trinajstić information content (AvgIpc) is 2.65. The van der Waals surface area contributed by atoms with E-state index in [4.69, 9.17) is 16.3 Å². The largest absolute Gasteiger partial charge is 0.495 e. The normalized spacial score (nSPS) is 29.6. The molecule has 0 radical (unpaired) electrons. The van der Waals surface area contributed by atoms with E-state index in [1.54, 1.807) is 25.2 Å². The van der Waals surface area contributed by atoms with Gasteiger partial charge in [0.05, 0.1) is 24.9 Å². The molecule has 1 aromatic carbocycles. The minimum atomic E-state index is -0.267. The van der Waals surface area contributed by atoms with Crippen molar-refractivity contribution in [3.05, 3.63) is 23.2 Å². The van der Waals surface area contributed by atoms with E-state index in [0.29, 0.717) is 23.0 Å². The van der Waals surface area contributed by atoms with Crippen LogP contribution in [-0.4, -0.2) is 49.5 Å². The SMILES string of the molecule is COc1ccc(Cl)cc1NC(=O)CN(C)C(=O)C[NH2+]C12CC3CC(CC(C3)C1)C2. The number of halogens is 1. The Balaban J connectivity index is 1.29. The molecule has 4 aliphatic carbocycles. The first-order valence-electron chi connectivity index (χ1n) is 10.6. The molecule has 29 heavy (non-hydrogen) atoms. The molecule has 6 nitrogen and oxygen atoms in total. The van der Waals surface area contributed by atoms with Crippen LogP contribution in [-0.2, 0) is 9.59 Å². The summed E-state index contributed by atoms with van der Waals surface area (Å²) < 4.78 is 5.25. The Morgan fingerprint density at radius 3 is 2.41 bits per heavy atom. The van der Waals surface area contributed by atoms with E-state index in [9.17, 15) is 9.59 Å². The number of methoxy groups -OCH3 is 1. The molecule has 158 valence electrons. The van der Waals surface area contributed by atoms with Crippen LogP contribution in [0, 0.1) is 17.8 Å². The summed E-state index contributed by atoms with van der Waals surface area (Å²) >= 11 is 6.01. The lowest BCUT2D eigenvalue weighted by Crippen LogP contribution is -3.00. The van der Waals surface area contributed by atoms with Gasteiger partial charge in [0.1, 0.15) is 5.75 Å². The Bertz CT molecular complexity index is 762. The fourth-order valence-corrected chi connectivity index (χ4v) is 6.33. The van der Waals surface area contributed by atoms with Gasteiger partial charge in [-0.3, -0.25) is 9.59 Å². The number of carbonyl (C=O) groups is 2. The molecule has 4 fully saturated rings. The Hall–Kier alpha value is -1.79. The first-order chi connectivity index (χ1) is 13.9. The third kappa shape index (κ3) is 4.53. The van der Waals surface area contributed by atoms with Crippen LogP contribution in [0.25, 0.3) is 0 Å². The van der Waals surface area contributed by atoms with Gasteiger partial charge in [0.25, 0.3) is 5.91 Å². The summed E-state index contributed by atoms with van der Waals surface area (Å²) in [6.07, 6.45) is 7.96. The van der Waals surface area contributed by atoms with Crippen molar-refractivity contribution in [1.82, 2.24) is 4.90 Å². The summed E-state index contributed by atoms with van der Waals surface area (Å²) in [6, 6.07) is 5.04. The first kappa shape index (κ1) is 20.5. The first-order valence-corrected chi connectivity index (χ1v) is 11.0.